The summed E-state index contributed by atoms with van der Waals surface area (Å²) in [6.45, 7) is 0.559. The highest BCUT2D eigenvalue weighted by Crippen LogP contribution is 2.29. The van der Waals surface area contributed by atoms with E-state index < -0.39 is 10.0 Å². The molecule has 4 nitrogen and oxygen atoms in total. The number of hydrogen-bond donors (Lipinski definition) is 1. The molecule has 0 heterocycles. The van der Waals surface area contributed by atoms with Gasteiger partial charge in [-0.25, -0.2) is 12.7 Å². The normalized spacial score (nSPS) is 17.2. The zero-order valence-electron chi connectivity index (χ0n) is 11.0. The third-order valence-corrected chi connectivity index (χ3v) is 5.94. The molecule has 2 N–H and O–H groups in total. The summed E-state index contributed by atoms with van der Waals surface area (Å²) in [4.78, 5) is 0.129. The molecule has 0 aliphatic heterocycles. The van der Waals surface area contributed by atoms with Crippen molar-refractivity contribution in [2.45, 2.75) is 30.6 Å². The van der Waals surface area contributed by atoms with E-state index in [4.69, 9.17) is 17.3 Å². The Bertz CT molecular complexity index is 554. The molecule has 19 heavy (non-hydrogen) atoms. The second kappa shape index (κ2) is 5.69. The fourth-order valence-corrected chi connectivity index (χ4v) is 4.32. The number of benzene rings is 1. The Kier molecular flexibility index (Phi) is 4.38. The molecule has 0 atom stereocenters. The molecule has 0 aromatic heterocycles. The molecule has 6 heteroatoms. The van der Waals surface area contributed by atoms with Crippen LogP contribution in [0.25, 0.3) is 0 Å². The lowest BCUT2D eigenvalue weighted by Gasteiger charge is -2.21. The largest absolute Gasteiger partial charge is 0.399 e. The van der Waals surface area contributed by atoms with Crippen LogP contribution in [0, 0.1) is 5.92 Å². The Morgan fingerprint density at radius 1 is 1.37 bits per heavy atom. The topological polar surface area (TPSA) is 63.4 Å². The van der Waals surface area contributed by atoms with E-state index in [1.165, 1.54) is 29.3 Å². The van der Waals surface area contributed by atoms with Crippen molar-refractivity contribution in [2.24, 2.45) is 5.92 Å². The van der Waals surface area contributed by atoms with E-state index in [1.807, 2.05) is 0 Å². The van der Waals surface area contributed by atoms with Gasteiger partial charge in [-0.1, -0.05) is 24.4 Å². The molecular formula is C13H19ClN2O2S. The Labute approximate surface area is 119 Å². The highest BCUT2D eigenvalue weighted by Gasteiger charge is 2.27. The summed E-state index contributed by atoms with van der Waals surface area (Å²) in [7, 11) is -1.92. The third-order valence-electron chi connectivity index (χ3n) is 3.63. The van der Waals surface area contributed by atoms with Gasteiger partial charge in [-0.15, -0.1) is 0 Å². The van der Waals surface area contributed by atoms with Gasteiger partial charge in [0.2, 0.25) is 10.0 Å². The van der Waals surface area contributed by atoms with Crippen molar-refractivity contribution in [3.63, 3.8) is 0 Å². The van der Waals surface area contributed by atoms with Crippen LogP contribution in [0.15, 0.2) is 23.1 Å². The van der Waals surface area contributed by atoms with Crippen molar-refractivity contribution in [3.05, 3.63) is 23.2 Å². The van der Waals surface area contributed by atoms with E-state index in [0.717, 1.165) is 12.8 Å². The Balaban J connectivity index is 2.20. The molecule has 1 aliphatic carbocycles. The summed E-state index contributed by atoms with van der Waals surface area (Å²) < 4.78 is 26.3. The quantitative estimate of drug-likeness (QED) is 0.870. The lowest BCUT2D eigenvalue weighted by Crippen LogP contribution is -2.31. The number of sulfonamides is 1. The van der Waals surface area contributed by atoms with Gasteiger partial charge >= 0.3 is 0 Å². The Hall–Kier alpha value is -0.780. The first-order chi connectivity index (χ1) is 8.91. The first-order valence-corrected chi connectivity index (χ1v) is 8.24. The molecule has 106 valence electrons. The fraction of sp³-hybridized carbons (Fsp3) is 0.538. The second-order valence-electron chi connectivity index (χ2n) is 5.13. The molecule has 0 bridgehead atoms. The van der Waals surface area contributed by atoms with E-state index in [1.54, 1.807) is 13.1 Å². The lowest BCUT2D eigenvalue weighted by atomic mass is 10.1. The summed E-state index contributed by atoms with van der Waals surface area (Å²) in [5.41, 5.74) is 6.05. The monoisotopic (exact) mass is 302 g/mol. The molecule has 1 aliphatic rings. The van der Waals surface area contributed by atoms with Crippen LogP contribution in [0.1, 0.15) is 25.7 Å². The average Bonchev–Trinajstić information content (AvgIpc) is 2.81. The first kappa shape index (κ1) is 14.6. The third kappa shape index (κ3) is 3.22. The molecule has 1 fully saturated rings. The smallest absolute Gasteiger partial charge is 0.244 e. The number of nitrogens with two attached hydrogens (primary N) is 1. The zero-order valence-corrected chi connectivity index (χ0v) is 12.5. The SMILES string of the molecule is CN(CC1CCCC1)S(=O)(=O)c1ccc(N)cc1Cl. The predicted molar refractivity (Wildman–Crippen MR) is 77.6 cm³/mol. The Morgan fingerprint density at radius 3 is 2.58 bits per heavy atom. The van der Waals surface area contributed by atoms with Crippen LogP contribution >= 0.6 is 11.6 Å². The van der Waals surface area contributed by atoms with Crippen LogP contribution in [0.2, 0.25) is 5.02 Å². The minimum atomic E-state index is -3.53. The van der Waals surface area contributed by atoms with Gasteiger partial charge in [0, 0.05) is 19.3 Å². The number of hydrogen-bond acceptors (Lipinski definition) is 3. The highest BCUT2D eigenvalue weighted by molar-refractivity contribution is 7.89. The summed E-state index contributed by atoms with van der Waals surface area (Å²) in [6, 6.07) is 4.50. The van der Waals surface area contributed by atoms with E-state index >= 15 is 0 Å². The zero-order chi connectivity index (χ0) is 14.0. The molecule has 0 saturated heterocycles. The summed E-state index contributed by atoms with van der Waals surface area (Å²) in [5, 5.41) is 0.179. The lowest BCUT2D eigenvalue weighted by molar-refractivity contribution is 0.387. The van der Waals surface area contributed by atoms with Gasteiger partial charge in [0.15, 0.2) is 0 Å². The maximum atomic E-state index is 12.5. The minimum Gasteiger partial charge on any atom is -0.399 e. The Morgan fingerprint density at radius 2 is 2.00 bits per heavy atom. The molecule has 0 unspecified atom stereocenters. The number of nitrogens with zero attached hydrogens (tertiary/aromatic N) is 1. The molecule has 1 saturated carbocycles. The maximum absolute atomic E-state index is 12.5. The average molecular weight is 303 g/mol. The number of halogens is 1. The maximum Gasteiger partial charge on any atom is 0.244 e. The fourth-order valence-electron chi connectivity index (χ4n) is 2.55. The summed E-state index contributed by atoms with van der Waals surface area (Å²) in [6.07, 6.45) is 4.60. The molecule has 0 radical (unpaired) electrons. The van der Waals surface area contributed by atoms with E-state index in [9.17, 15) is 8.42 Å². The van der Waals surface area contributed by atoms with Gasteiger partial charge in [-0.3, -0.25) is 0 Å². The molecular weight excluding hydrogens is 284 g/mol. The van der Waals surface area contributed by atoms with Crippen LogP contribution in [0.3, 0.4) is 0 Å². The molecule has 2 rings (SSSR count). The van der Waals surface area contributed by atoms with Crippen molar-refractivity contribution in [1.29, 1.82) is 0 Å². The van der Waals surface area contributed by atoms with Crippen molar-refractivity contribution in [2.75, 3.05) is 19.3 Å². The minimum absolute atomic E-state index is 0.129. The molecule has 0 amide bonds. The molecule has 0 spiro atoms. The van der Waals surface area contributed by atoms with Crippen molar-refractivity contribution < 1.29 is 8.42 Å². The van der Waals surface area contributed by atoms with Gasteiger partial charge in [0.1, 0.15) is 4.90 Å². The van der Waals surface area contributed by atoms with Crippen LogP contribution in [0.4, 0.5) is 5.69 Å². The highest BCUT2D eigenvalue weighted by atomic mass is 35.5. The van der Waals surface area contributed by atoms with E-state index in [0.29, 0.717) is 18.2 Å². The van der Waals surface area contributed by atoms with Gasteiger partial charge in [-0.05, 0) is 37.0 Å². The molecule has 1 aromatic carbocycles. The first-order valence-electron chi connectivity index (χ1n) is 6.42. The van der Waals surface area contributed by atoms with Crippen molar-refractivity contribution >= 4 is 27.3 Å². The van der Waals surface area contributed by atoms with Gasteiger partial charge < -0.3 is 5.73 Å². The van der Waals surface area contributed by atoms with Crippen LogP contribution in [-0.4, -0.2) is 26.3 Å². The number of rotatable bonds is 4. The van der Waals surface area contributed by atoms with Crippen molar-refractivity contribution in [3.8, 4) is 0 Å². The standard InChI is InChI=1S/C13H19ClN2O2S/c1-16(9-10-4-2-3-5-10)19(17,18)13-7-6-11(15)8-12(13)14/h6-8,10H,2-5,9,15H2,1H3. The molecule has 1 aromatic rings. The van der Waals surface area contributed by atoms with E-state index in [2.05, 4.69) is 0 Å². The predicted octanol–water partition coefficient (Wildman–Crippen LogP) is 2.73. The van der Waals surface area contributed by atoms with Gasteiger partial charge in [0.25, 0.3) is 0 Å². The van der Waals surface area contributed by atoms with Gasteiger partial charge in [0.05, 0.1) is 5.02 Å². The van der Waals surface area contributed by atoms with Crippen LogP contribution < -0.4 is 5.73 Å². The number of anilines is 1. The summed E-state index contributed by atoms with van der Waals surface area (Å²) in [5.74, 6) is 0.465. The number of nitrogen functional groups attached to an aromatic ring is 1. The van der Waals surface area contributed by atoms with Gasteiger partial charge in [-0.2, -0.15) is 0 Å². The summed E-state index contributed by atoms with van der Waals surface area (Å²) >= 11 is 5.99. The van der Waals surface area contributed by atoms with Crippen LogP contribution in [-0.2, 0) is 10.0 Å². The second-order valence-corrected chi connectivity index (χ2v) is 7.55. The van der Waals surface area contributed by atoms with Crippen LogP contribution in [0.5, 0.6) is 0 Å². The van der Waals surface area contributed by atoms with E-state index in [-0.39, 0.29) is 9.92 Å². The van der Waals surface area contributed by atoms with Crippen molar-refractivity contribution in [1.82, 2.24) is 4.31 Å².